The van der Waals surface area contributed by atoms with Gasteiger partial charge in [-0.1, -0.05) is 0 Å². The molecule has 0 amide bonds. The van der Waals surface area contributed by atoms with Crippen LogP contribution >= 0.6 is 0 Å². The summed E-state index contributed by atoms with van der Waals surface area (Å²) in [6, 6.07) is 5.25. The van der Waals surface area contributed by atoms with Crippen LogP contribution in [-0.4, -0.2) is 46.4 Å². The lowest BCUT2D eigenvalue weighted by atomic mass is 10.0. The first-order valence-corrected chi connectivity index (χ1v) is 11.3. The van der Waals surface area contributed by atoms with Crippen molar-refractivity contribution in [2.24, 2.45) is 0 Å². The van der Waals surface area contributed by atoms with Gasteiger partial charge in [-0.25, -0.2) is 13.6 Å². The highest BCUT2D eigenvalue weighted by Crippen LogP contribution is 2.36. The Bertz CT molecular complexity index is 1370. The third-order valence-corrected chi connectivity index (χ3v) is 6.21. The van der Waals surface area contributed by atoms with Crippen molar-refractivity contribution in [2.75, 3.05) is 31.3 Å². The summed E-state index contributed by atoms with van der Waals surface area (Å²) in [4.78, 5) is 21.7. The van der Waals surface area contributed by atoms with E-state index < -0.39 is 40.7 Å². The van der Waals surface area contributed by atoms with Gasteiger partial charge < -0.3 is 19.1 Å². The SMILES string of the molecule is C[C@@]12COCCN1c1cc(OCCc3cc(F)c(Oc4ccnc(C(F)(F)F)c4)c(F)c3)nc(=O)n1C2. The van der Waals surface area contributed by atoms with E-state index in [-0.39, 0.29) is 30.0 Å². The molecule has 13 heteroatoms. The van der Waals surface area contributed by atoms with Gasteiger partial charge in [0.2, 0.25) is 5.88 Å². The van der Waals surface area contributed by atoms with Gasteiger partial charge in [0.25, 0.3) is 0 Å². The van der Waals surface area contributed by atoms with Crippen LogP contribution in [0.2, 0.25) is 0 Å². The molecule has 1 saturated heterocycles. The van der Waals surface area contributed by atoms with Crippen LogP contribution in [0.5, 0.6) is 17.4 Å². The maximum absolute atomic E-state index is 14.6. The van der Waals surface area contributed by atoms with Crippen LogP contribution in [0.15, 0.2) is 41.3 Å². The Hall–Kier alpha value is -3.74. The molecular weight excluding hydrogens is 503 g/mol. The van der Waals surface area contributed by atoms with Gasteiger partial charge in [-0.15, -0.1) is 0 Å². The number of nitrogens with zero attached hydrogens (tertiary/aromatic N) is 4. The number of ether oxygens (including phenoxy) is 3. The first-order valence-electron chi connectivity index (χ1n) is 11.3. The molecule has 1 fully saturated rings. The number of fused-ring (bicyclic) bond motifs is 3. The Labute approximate surface area is 207 Å². The molecule has 0 N–H and O–H groups in total. The van der Waals surface area contributed by atoms with Crippen molar-refractivity contribution in [3.63, 3.8) is 0 Å². The second kappa shape index (κ2) is 9.29. The number of hydrogen-bond acceptors (Lipinski definition) is 7. The van der Waals surface area contributed by atoms with Gasteiger partial charge in [0.1, 0.15) is 17.3 Å². The normalized spacial score (nSPS) is 18.9. The number of aromatic nitrogens is 3. The Morgan fingerprint density at radius 2 is 1.92 bits per heavy atom. The van der Waals surface area contributed by atoms with Gasteiger partial charge in [-0.05, 0) is 30.7 Å². The monoisotopic (exact) mass is 524 g/mol. The van der Waals surface area contributed by atoms with Crippen LogP contribution in [0.3, 0.4) is 0 Å². The highest BCUT2D eigenvalue weighted by molar-refractivity contribution is 5.50. The molecule has 0 spiro atoms. The van der Waals surface area contributed by atoms with E-state index in [4.69, 9.17) is 14.2 Å². The zero-order valence-corrected chi connectivity index (χ0v) is 19.5. The quantitative estimate of drug-likeness (QED) is 0.452. The molecule has 2 aliphatic rings. The van der Waals surface area contributed by atoms with E-state index in [0.717, 1.165) is 24.4 Å². The van der Waals surface area contributed by atoms with E-state index in [1.165, 1.54) is 0 Å². The molecule has 8 nitrogen and oxygen atoms in total. The van der Waals surface area contributed by atoms with E-state index in [0.29, 0.717) is 38.2 Å². The molecule has 0 unspecified atom stereocenters. The molecule has 196 valence electrons. The molecule has 0 saturated carbocycles. The highest BCUT2D eigenvalue weighted by atomic mass is 19.4. The van der Waals surface area contributed by atoms with Crippen molar-refractivity contribution >= 4 is 5.82 Å². The lowest BCUT2D eigenvalue weighted by Crippen LogP contribution is -2.53. The molecule has 1 aromatic carbocycles. The molecule has 0 bridgehead atoms. The minimum atomic E-state index is -4.73. The summed E-state index contributed by atoms with van der Waals surface area (Å²) >= 11 is 0. The first-order chi connectivity index (χ1) is 17.5. The number of anilines is 1. The van der Waals surface area contributed by atoms with Gasteiger partial charge in [-0.3, -0.25) is 9.55 Å². The number of benzene rings is 1. The summed E-state index contributed by atoms with van der Waals surface area (Å²) < 4.78 is 85.4. The topological polar surface area (TPSA) is 78.7 Å². The van der Waals surface area contributed by atoms with Gasteiger partial charge in [-0.2, -0.15) is 18.2 Å². The number of pyridine rings is 1. The van der Waals surface area contributed by atoms with Gasteiger partial charge in [0, 0.05) is 31.3 Å². The maximum Gasteiger partial charge on any atom is 0.433 e. The van der Waals surface area contributed by atoms with Crippen molar-refractivity contribution in [3.05, 3.63) is 69.9 Å². The van der Waals surface area contributed by atoms with Crippen molar-refractivity contribution in [2.45, 2.75) is 31.6 Å². The Kier molecular flexibility index (Phi) is 6.26. The van der Waals surface area contributed by atoms with Crippen molar-refractivity contribution < 1.29 is 36.2 Å². The molecule has 3 aromatic rings. The van der Waals surface area contributed by atoms with Crippen LogP contribution in [0, 0.1) is 11.6 Å². The predicted molar refractivity (Wildman–Crippen MR) is 120 cm³/mol. The Morgan fingerprint density at radius 3 is 2.65 bits per heavy atom. The standard InChI is InChI=1S/C24H21F5N4O4/c1-23-12-32-20(33(23)5-7-35-13-23)11-19(31-22(32)34)36-6-3-14-8-16(25)21(17(26)9-14)37-15-2-4-30-18(10-15)24(27,28)29/h2,4,8-11H,3,5-7,12-13H2,1H3/t23-/m1/s1. The van der Waals surface area contributed by atoms with Crippen LogP contribution in [0.25, 0.3) is 0 Å². The van der Waals surface area contributed by atoms with E-state index >= 15 is 0 Å². The lowest BCUT2D eigenvalue weighted by Gasteiger charge is -2.39. The second-order valence-corrected chi connectivity index (χ2v) is 8.99. The summed E-state index contributed by atoms with van der Waals surface area (Å²) in [5.74, 6) is -2.69. The largest absolute Gasteiger partial charge is 0.477 e. The molecule has 1 atom stereocenters. The summed E-state index contributed by atoms with van der Waals surface area (Å²) in [7, 11) is 0. The Morgan fingerprint density at radius 1 is 1.16 bits per heavy atom. The van der Waals surface area contributed by atoms with Crippen LogP contribution in [0.1, 0.15) is 18.2 Å². The lowest BCUT2D eigenvalue weighted by molar-refractivity contribution is -0.141. The van der Waals surface area contributed by atoms with E-state index in [2.05, 4.69) is 14.9 Å². The molecular formula is C24H21F5N4O4. The number of alkyl halides is 3. The molecule has 2 aliphatic heterocycles. The zero-order valence-electron chi connectivity index (χ0n) is 19.5. The smallest absolute Gasteiger partial charge is 0.433 e. The van der Waals surface area contributed by atoms with Gasteiger partial charge >= 0.3 is 11.9 Å². The molecule has 2 aromatic heterocycles. The molecule has 5 rings (SSSR count). The fourth-order valence-corrected chi connectivity index (χ4v) is 4.45. The van der Waals surface area contributed by atoms with E-state index in [9.17, 15) is 26.7 Å². The van der Waals surface area contributed by atoms with Crippen molar-refractivity contribution in [1.82, 2.24) is 14.5 Å². The zero-order chi connectivity index (χ0) is 26.4. The number of hydrogen-bond donors (Lipinski definition) is 0. The van der Waals surface area contributed by atoms with Crippen molar-refractivity contribution in [1.29, 1.82) is 0 Å². The molecule has 4 heterocycles. The van der Waals surface area contributed by atoms with E-state index in [1.807, 2.05) is 6.92 Å². The summed E-state index contributed by atoms with van der Waals surface area (Å²) in [6.45, 7) is 4.03. The van der Waals surface area contributed by atoms with E-state index in [1.54, 1.807) is 10.6 Å². The average Bonchev–Trinajstić information content (AvgIpc) is 3.14. The average molecular weight is 524 g/mol. The Balaban J connectivity index is 1.26. The highest BCUT2D eigenvalue weighted by Gasteiger charge is 2.43. The number of morpholine rings is 1. The summed E-state index contributed by atoms with van der Waals surface area (Å²) in [5, 5.41) is 0. The third-order valence-electron chi connectivity index (χ3n) is 6.21. The molecule has 0 aliphatic carbocycles. The molecule has 0 radical (unpaired) electrons. The second-order valence-electron chi connectivity index (χ2n) is 8.99. The number of rotatable bonds is 6. The fraction of sp³-hybridized carbons (Fsp3) is 0.375. The van der Waals surface area contributed by atoms with Crippen LogP contribution in [-0.2, 0) is 23.9 Å². The third kappa shape index (κ3) is 4.95. The predicted octanol–water partition coefficient (Wildman–Crippen LogP) is 3.96. The van der Waals surface area contributed by atoms with Crippen LogP contribution in [0.4, 0.5) is 27.8 Å². The van der Waals surface area contributed by atoms with Crippen molar-refractivity contribution in [3.8, 4) is 17.4 Å². The minimum absolute atomic E-state index is 0.0331. The fourth-order valence-electron chi connectivity index (χ4n) is 4.45. The van der Waals surface area contributed by atoms with Crippen LogP contribution < -0.4 is 20.1 Å². The van der Waals surface area contributed by atoms with Gasteiger partial charge in [0.15, 0.2) is 17.4 Å². The minimum Gasteiger partial charge on any atom is -0.477 e. The molecule has 37 heavy (non-hydrogen) atoms. The number of halogens is 5. The maximum atomic E-state index is 14.6. The first kappa shape index (κ1) is 24.9. The van der Waals surface area contributed by atoms with Gasteiger partial charge in [0.05, 0.1) is 31.9 Å². The summed E-state index contributed by atoms with van der Waals surface area (Å²) in [6.07, 6.45) is -3.84. The summed E-state index contributed by atoms with van der Waals surface area (Å²) in [5.41, 5.74) is -1.86.